The van der Waals surface area contributed by atoms with E-state index < -0.39 is 29.1 Å². The number of amides is 1. The Hall–Kier alpha value is -1.37. The third-order valence-electron chi connectivity index (χ3n) is 1.96. The highest BCUT2D eigenvalue weighted by molar-refractivity contribution is 9.10. The van der Waals surface area contributed by atoms with Crippen molar-refractivity contribution in [2.24, 2.45) is 0 Å². The number of hydrogen-bond acceptors (Lipinski definition) is 3. The molecule has 1 rings (SSSR count). The summed E-state index contributed by atoms with van der Waals surface area (Å²) in [4.78, 5) is 11.5. The van der Waals surface area contributed by atoms with Crippen molar-refractivity contribution in [1.82, 2.24) is 0 Å². The van der Waals surface area contributed by atoms with Gasteiger partial charge in [-0.15, -0.1) is 0 Å². The second-order valence-electron chi connectivity index (χ2n) is 4.69. The fraction of sp³-hybridized carbons (Fsp3) is 0.417. The van der Waals surface area contributed by atoms with E-state index in [1.807, 2.05) is 0 Å². The molecule has 0 spiro atoms. The average Bonchev–Trinajstić information content (AvgIpc) is 2.23. The van der Waals surface area contributed by atoms with Gasteiger partial charge >= 0.3 is 6.09 Å². The zero-order valence-electron chi connectivity index (χ0n) is 10.9. The van der Waals surface area contributed by atoms with E-state index in [0.29, 0.717) is 0 Å². The van der Waals surface area contributed by atoms with E-state index in [2.05, 4.69) is 26.0 Å². The molecule has 7 heteroatoms. The second kappa shape index (κ2) is 5.73. The van der Waals surface area contributed by atoms with E-state index >= 15 is 0 Å². The highest BCUT2D eigenvalue weighted by atomic mass is 79.9. The topological polar surface area (TPSA) is 47.6 Å². The number of hydrogen-bond donors (Lipinski definition) is 1. The molecule has 0 bridgehead atoms. The standard InChI is InChI=1S/C12H14BrF2NO3/c1-12(2,3)19-11(17)16-7-5-6(14)10(18-4)9(15)8(7)13/h5H,1-4H3,(H,16,17). The lowest BCUT2D eigenvalue weighted by molar-refractivity contribution is 0.0636. The molecule has 0 aliphatic rings. The van der Waals surface area contributed by atoms with Gasteiger partial charge in [-0.25, -0.2) is 13.6 Å². The fourth-order valence-corrected chi connectivity index (χ4v) is 1.66. The Morgan fingerprint density at radius 3 is 2.42 bits per heavy atom. The van der Waals surface area contributed by atoms with Crippen molar-refractivity contribution in [3.05, 3.63) is 22.2 Å². The number of carbonyl (C=O) groups is 1. The van der Waals surface area contributed by atoms with Crippen LogP contribution in [0.1, 0.15) is 20.8 Å². The van der Waals surface area contributed by atoms with Crippen LogP contribution in [0.4, 0.5) is 19.3 Å². The highest BCUT2D eigenvalue weighted by Gasteiger charge is 2.21. The first-order valence-electron chi connectivity index (χ1n) is 5.37. The van der Waals surface area contributed by atoms with Crippen molar-refractivity contribution in [3.63, 3.8) is 0 Å². The Balaban J connectivity index is 3.00. The van der Waals surface area contributed by atoms with Gasteiger partial charge in [-0.05, 0) is 36.7 Å². The van der Waals surface area contributed by atoms with E-state index in [1.165, 1.54) is 0 Å². The van der Waals surface area contributed by atoms with Crippen LogP contribution >= 0.6 is 15.9 Å². The molecule has 0 aliphatic heterocycles. The lowest BCUT2D eigenvalue weighted by atomic mass is 10.2. The number of nitrogens with one attached hydrogen (secondary N) is 1. The summed E-state index contributed by atoms with van der Waals surface area (Å²) in [6.07, 6.45) is -0.808. The zero-order valence-corrected chi connectivity index (χ0v) is 12.5. The molecule has 0 aliphatic carbocycles. The lowest BCUT2D eigenvalue weighted by Gasteiger charge is -2.20. The Kier molecular flexibility index (Phi) is 4.73. The summed E-state index contributed by atoms with van der Waals surface area (Å²) in [6.45, 7) is 5.03. The predicted octanol–water partition coefficient (Wildman–Crippen LogP) is 4.08. The van der Waals surface area contributed by atoms with Gasteiger partial charge in [0.15, 0.2) is 17.4 Å². The van der Waals surface area contributed by atoms with Crippen LogP contribution in [-0.4, -0.2) is 18.8 Å². The molecule has 0 fully saturated rings. The number of benzene rings is 1. The quantitative estimate of drug-likeness (QED) is 0.827. The van der Waals surface area contributed by atoms with E-state index in [-0.39, 0.29) is 10.2 Å². The van der Waals surface area contributed by atoms with Gasteiger partial charge in [0.05, 0.1) is 17.3 Å². The van der Waals surface area contributed by atoms with Crippen LogP contribution in [0.25, 0.3) is 0 Å². The zero-order chi connectivity index (χ0) is 14.8. The molecule has 0 unspecified atom stereocenters. The van der Waals surface area contributed by atoms with Crippen molar-refractivity contribution in [1.29, 1.82) is 0 Å². The van der Waals surface area contributed by atoms with Crippen LogP contribution in [0.15, 0.2) is 10.5 Å². The fourth-order valence-electron chi connectivity index (χ4n) is 1.27. The molecule has 106 valence electrons. The summed E-state index contributed by atoms with van der Waals surface area (Å²) in [5.74, 6) is -2.38. The minimum Gasteiger partial charge on any atom is -0.491 e. The van der Waals surface area contributed by atoms with Crippen LogP contribution < -0.4 is 10.1 Å². The van der Waals surface area contributed by atoms with Crippen molar-refractivity contribution < 1.29 is 23.0 Å². The molecule has 0 heterocycles. The second-order valence-corrected chi connectivity index (χ2v) is 5.49. The Morgan fingerprint density at radius 1 is 1.37 bits per heavy atom. The molecular formula is C12H14BrF2NO3. The highest BCUT2D eigenvalue weighted by Crippen LogP contribution is 2.34. The number of carbonyl (C=O) groups excluding carboxylic acids is 1. The number of rotatable bonds is 2. The average molecular weight is 338 g/mol. The van der Waals surface area contributed by atoms with Gasteiger partial charge in [-0.1, -0.05) is 0 Å². The summed E-state index contributed by atoms with van der Waals surface area (Å²) < 4.78 is 36.7. The summed E-state index contributed by atoms with van der Waals surface area (Å²) in [5, 5.41) is 2.26. The molecule has 1 N–H and O–H groups in total. The van der Waals surface area contributed by atoms with Gasteiger partial charge in [0.2, 0.25) is 0 Å². The maximum Gasteiger partial charge on any atom is 0.412 e. The van der Waals surface area contributed by atoms with E-state index in [9.17, 15) is 13.6 Å². The first kappa shape index (κ1) is 15.7. The van der Waals surface area contributed by atoms with E-state index in [4.69, 9.17) is 4.74 Å². The van der Waals surface area contributed by atoms with Crippen molar-refractivity contribution in [2.45, 2.75) is 26.4 Å². The number of ether oxygens (including phenoxy) is 2. The minimum absolute atomic E-state index is 0.0787. The van der Waals surface area contributed by atoms with Gasteiger partial charge in [0.1, 0.15) is 5.60 Å². The summed E-state index contributed by atoms with van der Waals surface area (Å²) in [7, 11) is 1.15. The van der Waals surface area contributed by atoms with Gasteiger partial charge in [-0.2, -0.15) is 0 Å². The molecule has 1 aromatic rings. The van der Waals surface area contributed by atoms with Crippen LogP contribution in [0.2, 0.25) is 0 Å². The Morgan fingerprint density at radius 2 is 1.95 bits per heavy atom. The Bertz CT molecular complexity index is 501. The first-order chi connectivity index (χ1) is 8.65. The molecule has 1 aromatic carbocycles. The summed E-state index contributed by atoms with van der Waals surface area (Å²) in [5.41, 5.74) is -0.787. The molecule has 1 amide bonds. The van der Waals surface area contributed by atoms with Gasteiger partial charge in [-0.3, -0.25) is 5.32 Å². The van der Waals surface area contributed by atoms with Gasteiger partial charge < -0.3 is 9.47 Å². The largest absolute Gasteiger partial charge is 0.491 e. The maximum absolute atomic E-state index is 13.7. The Labute approximate surface area is 118 Å². The molecule has 0 atom stereocenters. The molecule has 4 nitrogen and oxygen atoms in total. The van der Waals surface area contributed by atoms with E-state index in [0.717, 1.165) is 13.2 Å². The van der Waals surface area contributed by atoms with Crippen molar-refractivity contribution in [2.75, 3.05) is 12.4 Å². The van der Waals surface area contributed by atoms with Gasteiger partial charge in [0.25, 0.3) is 0 Å². The third-order valence-corrected chi connectivity index (χ3v) is 2.73. The lowest BCUT2D eigenvalue weighted by Crippen LogP contribution is -2.27. The summed E-state index contributed by atoms with van der Waals surface area (Å²) in [6, 6.07) is 0.940. The first-order valence-corrected chi connectivity index (χ1v) is 6.16. The predicted molar refractivity (Wildman–Crippen MR) is 70.5 cm³/mol. The van der Waals surface area contributed by atoms with Gasteiger partial charge in [0, 0.05) is 6.07 Å². The summed E-state index contributed by atoms with van der Waals surface area (Å²) >= 11 is 2.92. The molecule has 0 saturated carbocycles. The number of methoxy groups -OCH3 is 1. The van der Waals surface area contributed by atoms with Crippen LogP contribution in [0.3, 0.4) is 0 Å². The molecule has 0 radical (unpaired) electrons. The van der Waals surface area contributed by atoms with Crippen molar-refractivity contribution >= 4 is 27.7 Å². The molecule has 0 saturated heterocycles. The monoisotopic (exact) mass is 337 g/mol. The molecular weight excluding hydrogens is 324 g/mol. The van der Waals surface area contributed by atoms with Crippen LogP contribution in [0, 0.1) is 11.6 Å². The minimum atomic E-state index is -0.937. The smallest absolute Gasteiger partial charge is 0.412 e. The van der Waals surface area contributed by atoms with Crippen LogP contribution in [0.5, 0.6) is 5.75 Å². The third kappa shape index (κ3) is 4.05. The normalized spacial score (nSPS) is 11.1. The maximum atomic E-state index is 13.7. The number of halogens is 3. The van der Waals surface area contributed by atoms with Crippen LogP contribution in [-0.2, 0) is 4.74 Å². The molecule has 19 heavy (non-hydrogen) atoms. The SMILES string of the molecule is COc1c(F)cc(NC(=O)OC(C)(C)C)c(Br)c1F. The van der Waals surface area contributed by atoms with Crippen molar-refractivity contribution in [3.8, 4) is 5.75 Å². The number of anilines is 1. The van der Waals surface area contributed by atoms with E-state index in [1.54, 1.807) is 20.8 Å². The molecule has 0 aromatic heterocycles.